The molecule has 0 saturated carbocycles. The lowest BCUT2D eigenvalue weighted by Gasteiger charge is -2.30. The normalized spacial score (nSPS) is 18.9. The molecule has 1 aromatic heterocycles. The van der Waals surface area contributed by atoms with Crippen LogP contribution < -0.4 is 5.56 Å². The third-order valence-electron chi connectivity index (χ3n) is 4.52. The van der Waals surface area contributed by atoms with Gasteiger partial charge in [0.15, 0.2) is 0 Å². The third kappa shape index (κ3) is 3.57. The number of phenolic OH excluding ortho intramolecular Hbond substituents is 1. The molecule has 140 valence electrons. The number of benzene rings is 1. The van der Waals surface area contributed by atoms with Crippen molar-refractivity contribution in [2.45, 2.75) is 25.1 Å². The molecule has 0 unspecified atom stereocenters. The van der Waals surface area contributed by atoms with Crippen molar-refractivity contribution in [3.8, 4) is 16.9 Å². The van der Waals surface area contributed by atoms with E-state index in [2.05, 4.69) is 9.88 Å². The molecule has 0 bridgehead atoms. The van der Waals surface area contributed by atoms with E-state index in [1.54, 1.807) is 0 Å². The van der Waals surface area contributed by atoms with E-state index in [4.69, 9.17) is 11.6 Å². The fraction of sp³-hybridized carbons (Fsp3) is 0.412. The van der Waals surface area contributed by atoms with Crippen molar-refractivity contribution >= 4 is 11.6 Å². The molecule has 5 nitrogen and oxygen atoms in total. The van der Waals surface area contributed by atoms with Gasteiger partial charge in [-0.15, -0.1) is 0 Å². The summed E-state index contributed by atoms with van der Waals surface area (Å²) in [7, 11) is 1.95. The Morgan fingerprint density at radius 2 is 2.08 bits per heavy atom. The highest BCUT2D eigenvalue weighted by molar-refractivity contribution is 6.33. The van der Waals surface area contributed by atoms with E-state index in [0.29, 0.717) is 18.7 Å². The first-order valence-electron chi connectivity index (χ1n) is 8.03. The number of aromatic nitrogens is 2. The highest BCUT2D eigenvalue weighted by Crippen LogP contribution is 2.40. The van der Waals surface area contributed by atoms with Crippen molar-refractivity contribution in [1.82, 2.24) is 14.5 Å². The van der Waals surface area contributed by atoms with Gasteiger partial charge in [-0.1, -0.05) is 11.6 Å². The van der Waals surface area contributed by atoms with Crippen LogP contribution in [0.25, 0.3) is 11.1 Å². The minimum atomic E-state index is -4.65. The van der Waals surface area contributed by atoms with Crippen LogP contribution in [0.1, 0.15) is 24.4 Å². The lowest BCUT2D eigenvalue weighted by molar-refractivity contribution is -0.137. The maximum absolute atomic E-state index is 12.9. The minimum Gasteiger partial charge on any atom is -0.507 e. The Balaban J connectivity index is 2.08. The SMILES string of the molecule is CN1CCC[C@H](n2cncc(-c3c(O)cc(C(F)(F)F)cc3Cl)c2=O)C1. The molecule has 0 spiro atoms. The van der Waals surface area contributed by atoms with Gasteiger partial charge in [-0.05, 0) is 38.6 Å². The molecule has 1 aromatic carbocycles. The fourth-order valence-corrected chi connectivity index (χ4v) is 3.56. The zero-order valence-corrected chi connectivity index (χ0v) is 14.7. The zero-order valence-electron chi connectivity index (χ0n) is 13.9. The summed E-state index contributed by atoms with van der Waals surface area (Å²) < 4.78 is 40.0. The molecule has 1 saturated heterocycles. The second kappa shape index (κ2) is 6.92. The van der Waals surface area contributed by atoms with Gasteiger partial charge in [-0.3, -0.25) is 9.36 Å². The molecule has 0 amide bonds. The number of hydrogen-bond donors (Lipinski definition) is 1. The second-order valence-corrected chi connectivity index (χ2v) is 6.84. The van der Waals surface area contributed by atoms with Crippen LogP contribution in [0.4, 0.5) is 13.2 Å². The van der Waals surface area contributed by atoms with Crippen molar-refractivity contribution in [2.75, 3.05) is 20.1 Å². The van der Waals surface area contributed by atoms with Crippen LogP contribution in [0, 0.1) is 0 Å². The molecule has 1 fully saturated rings. The van der Waals surface area contributed by atoms with Gasteiger partial charge < -0.3 is 10.0 Å². The molecule has 1 aliphatic heterocycles. The maximum Gasteiger partial charge on any atom is 0.416 e. The van der Waals surface area contributed by atoms with Gasteiger partial charge in [0.25, 0.3) is 5.56 Å². The topological polar surface area (TPSA) is 58.4 Å². The number of aromatic hydroxyl groups is 1. The van der Waals surface area contributed by atoms with Crippen LogP contribution in [-0.2, 0) is 6.18 Å². The van der Waals surface area contributed by atoms with E-state index in [0.717, 1.165) is 19.4 Å². The predicted molar refractivity (Wildman–Crippen MR) is 91.4 cm³/mol. The Labute approximate surface area is 152 Å². The molecule has 2 aromatic rings. The second-order valence-electron chi connectivity index (χ2n) is 6.43. The van der Waals surface area contributed by atoms with Crippen LogP contribution in [0.15, 0.2) is 29.5 Å². The molecule has 0 radical (unpaired) electrons. The van der Waals surface area contributed by atoms with Gasteiger partial charge >= 0.3 is 6.18 Å². The van der Waals surface area contributed by atoms with Gasteiger partial charge in [0.1, 0.15) is 5.75 Å². The highest BCUT2D eigenvalue weighted by atomic mass is 35.5. The molecule has 3 rings (SSSR count). The van der Waals surface area contributed by atoms with E-state index in [1.165, 1.54) is 17.1 Å². The van der Waals surface area contributed by atoms with Gasteiger partial charge in [0.05, 0.1) is 28.5 Å². The van der Waals surface area contributed by atoms with Crippen molar-refractivity contribution in [3.63, 3.8) is 0 Å². The van der Waals surface area contributed by atoms with E-state index >= 15 is 0 Å². The average Bonchev–Trinajstić information content (AvgIpc) is 2.55. The zero-order chi connectivity index (χ0) is 19.1. The summed E-state index contributed by atoms with van der Waals surface area (Å²) in [6, 6.07) is 1.16. The molecule has 1 N–H and O–H groups in total. The van der Waals surface area contributed by atoms with Gasteiger partial charge in [-0.2, -0.15) is 13.2 Å². The Kier molecular flexibility index (Phi) is 4.98. The maximum atomic E-state index is 12.9. The first-order chi connectivity index (χ1) is 12.2. The van der Waals surface area contributed by atoms with E-state index in [1.807, 2.05) is 7.05 Å². The molecular formula is C17H17ClF3N3O2. The number of rotatable bonds is 2. The van der Waals surface area contributed by atoms with Crippen LogP contribution in [0.3, 0.4) is 0 Å². The number of hydrogen-bond acceptors (Lipinski definition) is 4. The van der Waals surface area contributed by atoms with Crippen molar-refractivity contribution in [1.29, 1.82) is 0 Å². The van der Waals surface area contributed by atoms with E-state index in [9.17, 15) is 23.1 Å². The fourth-order valence-electron chi connectivity index (χ4n) is 3.25. The lowest BCUT2D eigenvalue weighted by Crippen LogP contribution is -2.38. The van der Waals surface area contributed by atoms with Crippen molar-refractivity contribution in [2.24, 2.45) is 0 Å². The van der Waals surface area contributed by atoms with E-state index < -0.39 is 23.0 Å². The van der Waals surface area contributed by atoms with Crippen LogP contribution >= 0.6 is 11.6 Å². The number of likely N-dealkylation sites (N-methyl/N-ethyl adjacent to an activating group) is 1. The van der Waals surface area contributed by atoms with Crippen molar-refractivity contribution < 1.29 is 18.3 Å². The molecule has 2 heterocycles. The lowest BCUT2D eigenvalue weighted by atomic mass is 10.0. The Morgan fingerprint density at radius 3 is 2.69 bits per heavy atom. The minimum absolute atomic E-state index is 0.0306. The molecule has 1 aliphatic rings. The average molecular weight is 388 g/mol. The van der Waals surface area contributed by atoms with Crippen molar-refractivity contribution in [3.05, 3.63) is 45.6 Å². The van der Waals surface area contributed by atoms with Gasteiger partial charge in [0, 0.05) is 18.3 Å². The number of piperidine rings is 1. The van der Waals surface area contributed by atoms with Gasteiger partial charge in [-0.25, -0.2) is 4.98 Å². The van der Waals surface area contributed by atoms with Gasteiger partial charge in [0.2, 0.25) is 0 Å². The summed E-state index contributed by atoms with van der Waals surface area (Å²) in [4.78, 5) is 19.0. The Bertz CT molecular complexity index is 859. The third-order valence-corrected chi connectivity index (χ3v) is 4.82. The monoisotopic (exact) mass is 387 g/mol. The predicted octanol–water partition coefficient (Wildman–Crippen LogP) is 3.55. The standard InChI is InChI=1S/C17H17ClF3N3O2/c1-23-4-2-3-11(8-23)24-9-22-7-12(16(24)26)15-13(18)5-10(6-14(15)25)17(19,20)21/h5-7,9,11,25H,2-4,8H2,1H3/t11-/m0/s1. The summed E-state index contributed by atoms with van der Waals surface area (Å²) >= 11 is 5.96. The smallest absolute Gasteiger partial charge is 0.416 e. The summed E-state index contributed by atoms with van der Waals surface area (Å²) in [6.45, 7) is 1.60. The number of phenols is 1. The highest BCUT2D eigenvalue weighted by Gasteiger charge is 2.33. The largest absolute Gasteiger partial charge is 0.507 e. The molecule has 1 atom stereocenters. The van der Waals surface area contributed by atoms with Crippen LogP contribution in [0.5, 0.6) is 5.75 Å². The quantitative estimate of drug-likeness (QED) is 0.856. The molecule has 0 aliphatic carbocycles. The molecule has 9 heteroatoms. The number of alkyl halides is 3. The summed E-state index contributed by atoms with van der Waals surface area (Å²) in [5.41, 5.74) is -1.70. The summed E-state index contributed by atoms with van der Waals surface area (Å²) in [5.74, 6) is -0.706. The Morgan fingerprint density at radius 1 is 1.35 bits per heavy atom. The number of halogens is 4. The summed E-state index contributed by atoms with van der Waals surface area (Å²) in [5, 5.41) is 9.74. The molecular weight excluding hydrogens is 371 g/mol. The summed E-state index contributed by atoms with van der Waals surface area (Å²) in [6.07, 6.45) is -0.321. The number of nitrogens with zero attached hydrogens (tertiary/aromatic N) is 3. The Hall–Kier alpha value is -2.06. The first-order valence-corrected chi connectivity index (χ1v) is 8.41. The van der Waals surface area contributed by atoms with Crippen LogP contribution in [-0.4, -0.2) is 39.7 Å². The van der Waals surface area contributed by atoms with E-state index in [-0.39, 0.29) is 22.2 Å². The molecule has 26 heavy (non-hydrogen) atoms. The number of likely N-dealkylation sites (tertiary alicyclic amines) is 1. The first kappa shape index (κ1) is 18.7. The van der Waals surface area contributed by atoms with Crippen LogP contribution in [0.2, 0.25) is 5.02 Å².